The van der Waals surface area contributed by atoms with Crippen molar-refractivity contribution in [3.05, 3.63) is 59.2 Å². The maximum absolute atomic E-state index is 5.88. The summed E-state index contributed by atoms with van der Waals surface area (Å²) >= 11 is 0. The first kappa shape index (κ1) is 12.1. The van der Waals surface area contributed by atoms with Crippen LogP contribution in [0.15, 0.2) is 42.5 Å². The first-order chi connectivity index (χ1) is 9.15. The summed E-state index contributed by atoms with van der Waals surface area (Å²) in [6, 6.07) is 14.7. The zero-order chi connectivity index (χ0) is 13.4. The monoisotopic (exact) mass is 253 g/mol. The van der Waals surface area contributed by atoms with Gasteiger partial charge in [0.05, 0.1) is 6.61 Å². The Morgan fingerprint density at radius 3 is 2.53 bits per heavy atom. The molecular formula is C17H19NO. The van der Waals surface area contributed by atoms with Crippen molar-refractivity contribution in [2.75, 3.05) is 12.3 Å². The minimum atomic E-state index is 0.305. The fourth-order valence-corrected chi connectivity index (χ4v) is 2.62. The molecule has 98 valence electrons. The van der Waals surface area contributed by atoms with Crippen LogP contribution in [0, 0.1) is 0 Å². The second-order valence-electron chi connectivity index (χ2n) is 5.48. The number of benzene rings is 2. The van der Waals surface area contributed by atoms with Crippen LogP contribution >= 0.6 is 0 Å². The van der Waals surface area contributed by atoms with E-state index in [0.717, 1.165) is 11.4 Å². The van der Waals surface area contributed by atoms with Crippen LogP contribution in [0.25, 0.3) is 0 Å². The molecule has 2 aromatic carbocycles. The maximum Gasteiger partial charge on any atom is 0.123 e. The summed E-state index contributed by atoms with van der Waals surface area (Å²) in [5, 5.41) is 0. The molecule has 2 N–H and O–H groups in total. The van der Waals surface area contributed by atoms with E-state index in [1.165, 1.54) is 16.7 Å². The molecule has 0 saturated heterocycles. The van der Waals surface area contributed by atoms with Gasteiger partial charge < -0.3 is 10.5 Å². The molecule has 1 aliphatic rings. The predicted molar refractivity (Wildman–Crippen MR) is 78.7 cm³/mol. The number of fused-ring (bicyclic) bond motifs is 1. The Morgan fingerprint density at radius 2 is 1.84 bits per heavy atom. The third-order valence-electron chi connectivity index (χ3n) is 3.82. The van der Waals surface area contributed by atoms with Crippen molar-refractivity contribution in [1.29, 1.82) is 0 Å². The summed E-state index contributed by atoms with van der Waals surface area (Å²) in [4.78, 5) is 0. The van der Waals surface area contributed by atoms with Gasteiger partial charge in [-0.1, -0.05) is 38.1 Å². The van der Waals surface area contributed by atoms with Crippen LogP contribution in [0.3, 0.4) is 0 Å². The van der Waals surface area contributed by atoms with E-state index in [-0.39, 0.29) is 0 Å². The van der Waals surface area contributed by atoms with Crippen LogP contribution in [-0.4, -0.2) is 6.61 Å². The number of nitrogen functional groups attached to an aromatic ring is 1. The summed E-state index contributed by atoms with van der Waals surface area (Å²) < 4.78 is 5.74. The van der Waals surface area contributed by atoms with Gasteiger partial charge in [-0.3, -0.25) is 0 Å². The molecule has 0 radical (unpaired) electrons. The van der Waals surface area contributed by atoms with E-state index >= 15 is 0 Å². The van der Waals surface area contributed by atoms with Gasteiger partial charge in [0.1, 0.15) is 5.75 Å². The second-order valence-corrected chi connectivity index (χ2v) is 5.48. The van der Waals surface area contributed by atoms with Crippen molar-refractivity contribution >= 4 is 5.69 Å². The standard InChI is InChI=1S/C17H19NO/c1-11(2)12-3-5-13(6-4-12)16-10-19-17-8-7-14(18)9-15(16)17/h3-9,11,16H,10,18H2,1-2H3/t16-/m0/s1. The molecule has 0 aromatic heterocycles. The molecule has 1 heterocycles. The summed E-state index contributed by atoms with van der Waals surface area (Å²) in [5.41, 5.74) is 10.6. The molecule has 0 aliphatic carbocycles. The Bertz CT molecular complexity index is 587. The molecule has 0 spiro atoms. The van der Waals surface area contributed by atoms with Gasteiger partial charge in [-0.25, -0.2) is 0 Å². The quantitative estimate of drug-likeness (QED) is 0.823. The van der Waals surface area contributed by atoms with Gasteiger partial charge >= 0.3 is 0 Å². The van der Waals surface area contributed by atoms with Gasteiger partial charge in [0.2, 0.25) is 0 Å². The van der Waals surface area contributed by atoms with E-state index in [4.69, 9.17) is 10.5 Å². The van der Waals surface area contributed by atoms with Gasteiger partial charge in [0, 0.05) is 17.2 Å². The first-order valence-corrected chi connectivity index (χ1v) is 6.77. The number of hydrogen-bond donors (Lipinski definition) is 1. The predicted octanol–water partition coefficient (Wildman–Crippen LogP) is 3.92. The van der Waals surface area contributed by atoms with E-state index in [2.05, 4.69) is 38.1 Å². The summed E-state index contributed by atoms with van der Waals surface area (Å²) in [6.45, 7) is 5.13. The summed E-state index contributed by atoms with van der Waals surface area (Å²) in [5.74, 6) is 1.84. The fourth-order valence-electron chi connectivity index (χ4n) is 2.62. The maximum atomic E-state index is 5.88. The number of rotatable bonds is 2. The molecule has 3 rings (SSSR count). The molecule has 0 bridgehead atoms. The van der Waals surface area contributed by atoms with Crippen LogP contribution in [-0.2, 0) is 0 Å². The number of nitrogens with two attached hydrogens (primary N) is 1. The van der Waals surface area contributed by atoms with Crippen molar-refractivity contribution in [1.82, 2.24) is 0 Å². The Balaban J connectivity index is 1.95. The zero-order valence-corrected chi connectivity index (χ0v) is 11.4. The summed E-state index contributed by atoms with van der Waals surface area (Å²) in [7, 11) is 0. The summed E-state index contributed by atoms with van der Waals surface area (Å²) in [6.07, 6.45) is 0. The van der Waals surface area contributed by atoms with Crippen molar-refractivity contribution in [3.8, 4) is 5.75 Å². The molecule has 2 heteroatoms. The highest BCUT2D eigenvalue weighted by Crippen LogP contribution is 2.39. The Hall–Kier alpha value is -1.96. The van der Waals surface area contributed by atoms with Gasteiger partial charge in [0.15, 0.2) is 0 Å². The number of anilines is 1. The highest BCUT2D eigenvalue weighted by Gasteiger charge is 2.25. The molecule has 0 fully saturated rings. The smallest absolute Gasteiger partial charge is 0.123 e. The highest BCUT2D eigenvalue weighted by molar-refractivity contribution is 5.54. The van der Waals surface area contributed by atoms with Crippen molar-refractivity contribution in [2.24, 2.45) is 0 Å². The van der Waals surface area contributed by atoms with Crippen LogP contribution in [0.5, 0.6) is 5.75 Å². The SMILES string of the molecule is CC(C)c1ccc([C@@H]2COc3ccc(N)cc32)cc1. The van der Waals surface area contributed by atoms with Crippen molar-refractivity contribution in [2.45, 2.75) is 25.7 Å². The van der Waals surface area contributed by atoms with E-state index in [0.29, 0.717) is 18.4 Å². The minimum Gasteiger partial charge on any atom is -0.492 e. The van der Waals surface area contributed by atoms with Crippen LogP contribution in [0.2, 0.25) is 0 Å². The average Bonchev–Trinajstić information content (AvgIpc) is 2.81. The van der Waals surface area contributed by atoms with Crippen LogP contribution in [0.1, 0.15) is 42.4 Å². The normalized spacial score (nSPS) is 17.3. The average molecular weight is 253 g/mol. The number of ether oxygens (including phenoxy) is 1. The van der Waals surface area contributed by atoms with Crippen molar-refractivity contribution in [3.63, 3.8) is 0 Å². The van der Waals surface area contributed by atoms with Crippen LogP contribution in [0.4, 0.5) is 5.69 Å². The fraction of sp³-hybridized carbons (Fsp3) is 0.294. The lowest BCUT2D eigenvalue weighted by atomic mass is 9.91. The largest absolute Gasteiger partial charge is 0.492 e. The van der Waals surface area contributed by atoms with E-state index in [1.807, 2.05) is 18.2 Å². The van der Waals surface area contributed by atoms with Gasteiger partial charge in [-0.15, -0.1) is 0 Å². The first-order valence-electron chi connectivity index (χ1n) is 6.77. The Kier molecular flexibility index (Phi) is 2.94. The highest BCUT2D eigenvalue weighted by atomic mass is 16.5. The molecule has 0 amide bonds. The molecule has 0 unspecified atom stereocenters. The van der Waals surface area contributed by atoms with Gasteiger partial charge in [-0.05, 0) is 35.2 Å². The third kappa shape index (κ3) is 2.19. The molecule has 2 nitrogen and oxygen atoms in total. The molecule has 1 aliphatic heterocycles. The number of hydrogen-bond acceptors (Lipinski definition) is 2. The van der Waals surface area contributed by atoms with Crippen LogP contribution < -0.4 is 10.5 Å². The van der Waals surface area contributed by atoms with E-state index < -0.39 is 0 Å². The van der Waals surface area contributed by atoms with Crippen molar-refractivity contribution < 1.29 is 4.74 Å². The van der Waals surface area contributed by atoms with Gasteiger partial charge in [-0.2, -0.15) is 0 Å². The molecule has 1 atom stereocenters. The second kappa shape index (κ2) is 4.61. The third-order valence-corrected chi connectivity index (χ3v) is 3.82. The van der Waals surface area contributed by atoms with Gasteiger partial charge in [0.25, 0.3) is 0 Å². The lowest BCUT2D eigenvalue weighted by Crippen LogP contribution is -2.03. The molecule has 2 aromatic rings. The lowest BCUT2D eigenvalue weighted by Gasteiger charge is -2.12. The molecular weight excluding hydrogens is 234 g/mol. The van der Waals surface area contributed by atoms with E-state index in [9.17, 15) is 0 Å². The molecule has 0 saturated carbocycles. The molecule has 19 heavy (non-hydrogen) atoms. The Morgan fingerprint density at radius 1 is 1.11 bits per heavy atom. The topological polar surface area (TPSA) is 35.2 Å². The Labute approximate surface area is 114 Å². The minimum absolute atomic E-state index is 0.305. The lowest BCUT2D eigenvalue weighted by molar-refractivity contribution is 0.343. The zero-order valence-electron chi connectivity index (χ0n) is 11.4. The van der Waals surface area contributed by atoms with E-state index in [1.54, 1.807) is 0 Å².